The first-order valence-electron chi connectivity index (χ1n) is 4.77. The molecule has 0 aliphatic heterocycles. The number of hydrazine groups is 1. The molecule has 0 aliphatic rings. The van der Waals surface area contributed by atoms with Gasteiger partial charge in [0.1, 0.15) is 0 Å². The minimum absolute atomic E-state index is 0.463. The van der Waals surface area contributed by atoms with Crippen molar-refractivity contribution in [3.05, 3.63) is 12.7 Å². The zero-order chi connectivity index (χ0) is 9.40. The fourth-order valence-electron chi connectivity index (χ4n) is 1.16. The van der Waals surface area contributed by atoms with Gasteiger partial charge in [-0.05, 0) is 31.6 Å². The van der Waals surface area contributed by atoms with Crippen LogP contribution in [-0.2, 0) is 0 Å². The van der Waals surface area contributed by atoms with E-state index in [0.29, 0.717) is 6.04 Å². The average molecular weight is 170 g/mol. The predicted octanol–water partition coefficient (Wildman–Crippen LogP) is 2.22. The second-order valence-electron chi connectivity index (χ2n) is 3.70. The molecule has 72 valence electrons. The molecule has 12 heavy (non-hydrogen) atoms. The Labute approximate surface area is 76.2 Å². The van der Waals surface area contributed by atoms with E-state index in [9.17, 15) is 0 Å². The minimum Gasteiger partial charge on any atom is -0.271 e. The molecule has 0 spiro atoms. The molecule has 1 atom stereocenters. The van der Waals surface area contributed by atoms with Gasteiger partial charge in [-0.3, -0.25) is 11.3 Å². The fourth-order valence-corrected chi connectivity index (χ4v) is 1.16. The Morgan fingerprint density at radius 3 is 2.42 bits per heavy atom. The van der Waals surface area contributed by atoms with Crippen LogP contribution in [0, 0.1) is 5.92 Å². The van der Waals surface area contributed by atoms with E-state index in [0.717, 1.165) is 18.8 Å². The largest absolute Gasteiger partial charge is 0.271 e. The van der Waals surface area contributed by atoms with Crippen LogP contribution < -0.4 is 11.3 Å². The van der Waals surface area contributed by atoms with Crippen molar-refractivity contribution < 1.29 is 0 Å². The Morgan fingerprint density at radius 2 is 2.00 bits per heavy atom. The molecule has 0 aromatic rings. The maximum absolute atomic E-state index is 5.42. The lowest BCUT2D eigenvalue weighted by atomic mass is 10.0. The molecular weight excluding hydrogens is 148 g/mol. The van der Waals surface area contributed by atoms with Crippen LogP contribution in [0.2, 0.25) is 0 Å². The first-order chi connectivity index (χ1) is 5.70. The normalized spacial score (nSPS) is 13.3. The summed E-state index contributed by atoms with van der Waals surface area (Å²) in [5.41, 5.74) is 2.84. The van der Waals surface area contributed by atoms with Gasteiger partial charge in [0.15, 0.2) is 0 Å². The van der Waals surface area contributed by atoms with Gasteiger partial charge in [-0.15, -0.1) is 6.58 Å². The fraction of sp³-hybridized carbons (Fsp3) is 0.800. The van der Waals surface area contributed by atoms with Crippen LogP contribution in [0.25, 0.3) is 0 Å². The van der Waals surface area contributed by atoms with Gasteiger partial charge < -0.3 is 0 Å². The van der Waals surface area contributed by atoms with Crippen LogP contribution >= 0.6 is 0 Å². The Hall–Kier alpha value is -0.340. The summed E-state index contributed by atoms with van der Waals surface area (Å²) >= 11 is 0. The molecule has 0 saturated heterocycles. The van der Waals surface area contributed by atoms with Gasteiger partial charge in [0.25, 0.3) is 0 Å². The van der Waals surface area contributed by atoms with Crippen molar-refractivity contribution in [3.8, 4) is 0 Å². The summed E-state index contributed by atoms with van der Waals surface area (Å²) in [6.07, 6.45) is 6.51. The highest BCUT2D eigenvalue weighted by Crippen LogP contribution is 2.09. The quantitative estimate of drug-likeness (QED) is 0.349. The molecule has 0 rings (SSSR count). The van der Waals surface area contributed by atoms with E-state index in [-0.39, 0.29) is 0 Å². The zero-order valence-corrected chi connectivity index (χ0v) is 8.34. The van der Waals surface area contributed by atoms with Crippen molar-refractivity contribution in [2.24, 2.45) is 11.8 Å². The molecule has 0 aliphatic carbocycles. The van der Waals surface area contributed by atoms with Gasteiger partial charge in [0.2, 0.25) is 0 Å². The first-order valence-corrected chi connectivity index (χ1v) is 4.77. The van der Waals surface area contributed by atoms with Crippen LogP contribution in [0.5, 0.6) is 0 Å². The molecule has 0 radical (unpaired) electrons. The third-order valence-electron chi connectivity index (χ3n) is 2.05. The molecule has 0 bridgehead atoms. The second kappa shape index (κ2) is 7.32. The van der Waals surface area contributed by atoms with Crippen LogP contribution in [0.4, 0.5) is 0 Å². The Balaban J connectivity index is 3.45. The minimum atomic E-state index is 0.463. The van der Waals surface area contributed by atoms with Crippen molar-refractivity contribution in [2.45, 2.75) is 45.6 Å². The Morgan fingerprint density at radius 1 is 1.33 bits per heavy atom. The molecule has 2 heteroatoms. The van der Waals surface area contributed by atoms with Crippen molar-refractivity contribution in [1.82, 2.24) is 5.43 Å². The van der Waals surface area contributed by atoms with E-state index in [1.54, 1.807) is 0 Å². The number of hydrogen-bond donors (Lipinski definition) is 2. The number of allylic oxidation sites excluding steroid dienone is 1. The summed E-state index contributed by atoms with van der Waals surface area (Å²) in [7, 11) is 0. The number of nitrogens with two attached hydrogens (primary N) is 1. The second-order valence-corrected chi connectivity index (χ2v) is 3.70. The lowest BCUT2D eigenvalue weighted by molar-refractivity contribution is 0.419. The Bertz CT molecular complexity index is 110. The maximum Gasteiger partial charge on any atom is 0.0213 e. The monoisotopic (exact) mass is 170 g/mol. The first kappa shape index (κ1) is 11.7. The van der Waals surface area contributed by atoms with Crippen molar-refractivity contribution in [1.29, 1.82) is 0 Å². The van der Waals surface area contributed by atoms with Gasteiger partial charge >= 0.3 is 0 Å². The molecule has 0 saturated carbocycles. The van der Waals surface area contributed by atoms with E-state index >= 15 is 0 Å². The standard InChI is InChI=1S/C10H22N2/c1-4-5-6-10(12-11)8-7-9(2)3/h4,9-10,12H,1,5-8,11H2,2-3H3. The highest BCUT2D eigenvalue weighted by molar-refractivity contribution is 4.72. The topological polar surface area (TPSA) is 38.0 Å². The molecule has 0 aromatic heterocycles. The summed E-state index contributed by atoms with van der Waals surface area (Å²) in [6.45, 7) is 8.17. The smallest absolute Gasteiger partial charge is 0.0213 e. The number of rotatable bonds is 7. The van der Waals surface area contributed by atoms with Crippen LogP contribution in [0.15, 0.2) is 12.7 Å². The van der Waals surface area contributed by atoms with Crippen LogP contribution in [0.3, 0.4) is 0 Å². The van der Waals surface area contributed by atoms with Crippen LogP contribution in [0.1, 0.15) is 39.5 Å². The predicted molar refractivity (Wildman–Crippen MR) is 54.6 cm³/mol. The summed E-state index contributed by atoms with van der Waals surface area (Å²) in [6, 6.07) is 0.463. The lowest BCUT2D eigenvalue weighted by Gasteiger charge is -2.15. The van der Waals surface area contributed by atoms with Crippen molar-refractivity contribution >= 4 is 0 Å². The van der Waals surface area contributed by atoms with Gasteiger partial charge in [0, 0.05) is 6.04 Å². The average Bonchev–Trinajstić information content (AvgIpc) is 2.05. The third kappa shape index (κ3) is 6.38. The van der Waals surface area contributed by atoms with Crippen molar-refractivity contribution in [3.63, 3.8) is 0 Å². The SMILES string of the molecule is C=CCCC(CCC(C)C)NN. The molecule has 0 aromatic carbocycles. The molecule has 3 N–H and O–H groups in total. The Kier molecular flexibility index (Phi) is 7.11. The van der Waals surface area contributed by atoms with Gasteiger partial charge in [-0.2, -0.15) is 0 Å². The maximum atomic E-state index is 5.42. The summed E-state index contributed by atoms with van der Waals surface area (Å²) in [5.74, 6) is 6.18. The molecule has 0 heterocycles. The summed E-state index contributed by atoms with van der Waals surface area (Å²) in [5, 5.41) is 0. The van der Waals surface area contributed by atoms with E-state index < -0.39 is 0 Å². The molecule has 1 unspecified atom stereocenters. The summed E-state index contributed by atoms with van der Waals surface area (Å²) in [4.78, 5) is 0. The summed E-state index contributed by atoms with van der Waals surface area (Å²) < 4.78 is 0. The molecular formula is C10H22N2. The lowest BCUT2D eigenvalue weighted by Crippen LogP contribution is -2.35. The third-order valence-corrected chi connectivity index (χ3v) is 2.05. The van der Waals surface area contributed by atoms with Gasteiger partial charge in [-0.25, -0.2) is 0 Å². The molecule has 0 fully saturated rings. The number of nitrogens with one attached hydrogen (secondary N) is 1. The molecule has 2 nitrogen and oxygen atoms in total. The van der Waals surface area contributed by atoms with E-state index in [2.05, 4.69) is 25.9 Å². The van der Waals surface area contributed by atoms with Gasteiger partial charge in [-0.1, -0.05) is 19.9 Å². The highest BCUT2D eigenvalue weighted by atomic mass is 15.2. The van der Waals surface area contributed by atoms with Crippen molar-refractivity contribution in [2.75, 3.05) is 0 Å². The van der Waals surface area contributed by atoms with Crippen LogP contribution in [-0.4, -0.2) is 6.04 Å². The van der Waals surface area contributed by atoms with Gasteiger partial charge in [0.05, 0.1) is 0 Å². The number of hydrogen-bond acceptors (Lipinski definition) is 2. The molecule has 0 amide bonds. The van der Waals surface area contributed by atoms with E-state index in [4.69, 9.17) is 5.84 Å². The van der Waals surface area contributed by atoms with E-state index in [1.807, 2.05) is 6.08 Å². The zero-order valence-electron chi connectivity index (χ0n) is 8.34. The van der Waals surface area contributed by atoms with E-state index in [1.165, 1.54) is 12.8 Å². The highest BCUT2D eigenvalue weighted by Gasteiger charge is 2.05.